The van der Waals surface area contributed by atoms with E-state index in [0.717, 1.165) is 5.56 Å². The first-order chi connectivity index (χ1) is 9.61. The number of nitro groups is 1. The van der Waals surface area contributed by atoms with Gasteiger partial charge in [-0.25, -0.2) is 0 Å². The lowest BCUT2D eigenvalue weighted by Crippen LogP contribution is -1.90. The number of hydrogen-bond acceptors (Lipinski definition) is 3. The molecule has 2 rings (SSSR count). The van der Waals surface area contributed by atoms with Crippen LogP contribution >= 0.6 is 11.6 Å². The van der Waals surface area contributed by atoms with Crippen molar-refractivity contribution in [1.82, 2.24) is 0 Å². The normalized spacial score (nSPS) is 10.9. The van der Waals surface area contributed by atoms with Gasteiger partial charge in [-0.1, -0.05) is 48.0 Å². The average Bonchev–Trinajstić information content (AvgIpc) is 2.47. The van der Waals surface area contributed by atoms with Crippen LogP contribution in [0, 0.1) is 21.4 Å². The lowest BCUT2D eigenvalue weighted by atomic mass is 10.0. The van der Waals surface area contributed by atoms with Gasteiger partial charge in [-0.15, -0.1) is 0 Å². The molecule has 0 aliphatic heterocycles. The molecule has 2 aromatic rings. The van der Waals surface area contributed by atoms with Gasteiger partial charge in [-0.2, -0.15) is 5.26 Å². The minimum Gasteiger partial charge on any atom is -0.258 e. The predicted octanol–water partition coefficient (Wildman–Crippen LogP) is 4.31. The molecule has 0 N–H and O–H groups in total. The fourth-order valence-corrected chi connectivity index (χ4v) is 1.91. The summed E-state index contributed by atoms with van der Waals surface area (Å²) >= 11 is 5.75. The maximum atomic E-state index is 10.8. The van der Waals surface area contributed by atoms with Gasteiger partial charge in [-0.3, -0.25) is 10.1 Å². The Morgan fingerprint density at radius 3 is 2.55 bits per heavy atom. The van der Waals surface area contributed by atoms with Crippen molar-refractivity contribution >= 4 is 28.9 Å². The molecule has 0 heterocycles. The summed E-state index contributed by atoms with van der Waals surface area (Å²) in [6, 6.07) is 15.6. The van der Waals surface area contributed by atoms with E-state index in [-0.39, 0.29) is 10.7 Å². The van der Waals surface area contributed by atoms with Crippen LogP contribution in [0.5, 0.6) is 0 Å². The van der Waals surface area contributed by atoms with Gasteiger partial charge in [-0.05, 0) is 23.3 Å². The van der Waals surface area contributed by atoms with Gasteiger partial charge in [0, 0.05) is 6.07 Å². The van der Waals surface area contributed by atoms with Crippen molar-refractivity contribution in [3.63, 3.8) is 0 Å². The molecule has 0 aliphatic carbocycles. The minimum absolute atomic E-state index is 0.0744. The number of nitro benzene ring substituents is 1. The van der Waals surface area contributed by atoms with Crippen molar-refractivity contribution in [2.24, 2.45) is 0 Å². The summed E-state index contributed by atoms with van der Waals surface area (Å²) in [5.74, 6) is 0. The molecule has 2 aromatic carbocycles. The topological polar surface area (TPSA) is 66.9 Å². The summed E-state index contributed by atoms with van der Waals surface area (Å²) in [7, 11) is 0. The number of hydrogen-bond donors (Lipinski definition) is 0. The third kappa shape index (κ3) is 3.02. The van der Waals surface area contributed by atoms with Gasteiger partial charge in [0.05, 0.1) is 16.6 Å². The van der Waals surface area contributed by atoms with Crippen molar-refractivity contribution in [2.45, 2.75) is 0 Å². The van der Waals surface area contributed by atoms with Crippen molar-refractivity contribution in [3.05, 3.63) is 74.8 Å². The van der Waals surface area contributed by atoms with Crippen LogP contribution < -0.4 is 0 Å². The smallest absolute Gasteiger partial charge is 0.258 e. The Morgan fingerprint density at radius 1 is 1.25 bits per heavy atom. The van der Waals surface area contributed by atoms with E-state index < -0.39 is 4.92 Å². The molecule has 0 aliphatic rings. The molecule has 0 radical (unpaired) electrons. The Bertz CT molecular complexity index is 718. The van der Waals surface area contributed by atoms with Crippen LogP contribution in [0.15, 0.2) is 48.5 Å². The molecule has 0 saturated carbocycles. The zero-order valence-corrected chi connectivity index (χ0v) is 11.0. The number of rotatable bonds is 3. The van der Waals surface area contributed by atoms with E-state index in [1.807, 2.05) is 18.2 Å². The molecule has 98 valence electrons. The van der Waals surface area contributed by atoms with E-state index >= 15 is 0 Å². The summed E-state index contributed by atoms with van der Waals surface area (Å²) < 4.78 is 0. The number of allylic oxidation sites excluding steroid dienone is 1. The highest BCUT2D eigenvalue weighted by Gasteiger charge is 2.12. The lowest BCUT2D eigenvalue weighted by molar-refractivity contribution is -0.384. The molecule has 0 unspecified atom stereocenters. The van der Waals surface area contributed by atoms with E-state index in [2.05, 4.69) is 6.07 Å². The Hall–Kier alpha value is -2.64. The van der Waals surface area contributed by atoms with Gasteiger partial charge in [0.15, 0.2) is 0 Å². The molecule has 0 aromatic heterocycles. The molecule has 20 heavy (non-hydrogen) atoms. The second kappa shape index (κ2) is 6.00. The van der Waals surface area contributed by atoms with Crippen molar-refractivity contribution < 1.29 is 4.92 Å². The Labute approximate surface area is 120 Å². The SMILES string of the molecule is N#C/C(=C\c1ccc(Cl)c([N+](=O)[O-])c1)c1ccccc1. The quantitative estimate of drug-likeness (QED) is 0.365. The van der Waals surface area contributed by atoms with Crippen molar-refractivity contribution in [3.8, 4) is 6.07 Å². The van der Waals surface area contributed by atoms with Crippen LogP contribution in [0.1, 0.15) is 11.1 Å². The summed E-state index contributed by atoms with van der Waals surface area (Å²) in [6.45, 7) is 0. The van der Waals surface area contributed by atoms with E-state index in [1.165, 1.54) is 12.1 Å². The van der Waals surface area contributed by atoms with Crippen molar-refractivity contribution in [2.75, 3.05) is 0 Å². The number of nitriles is 1. The molecule has 0 amide bonds. The highest BCUT2D eigenvalue weighted by Crippen LogP contribution is 2.27. The molecule has 0 bridgehead atoms. The van der Waals surface area contributed by atoms with Crippen LogP contribution in [-0.4, -0.2) is 4.92 Å². The summed E-state index contributed by atoms with van der Waals surface area (Å²) in [5.41, 5.74) is 1.57. The van der Waals surface area contributed by atoms with Gasteiger partial charge in [0.1, 0.15) is 5.02 Å². The molecular formula is C15H9ClN2O2. The molecule has 4 nitrogen and oxygen atoms in total. The zero-order chi connectivity index (χ0) is 14.5. The predicted molar refractivity (Wildman–Crippen MR) is 78.0 cm³/mol. The third-order valence-electron chi connectivity index (χ3n) is 2.68. The van der Waals surface area contributed by atoms with E-state index in [1.54, 1.807) is 24.3 Å². The first-order valence-corrected chi connectivity index (χ1v) is 6.11. The Morgan fingerprint density at radius 2 is 1.95 bits per heavy atom. The largest absolute Gasteiger partial charge is 0.288 e. The highest BCUT2D eigenvalue weighted by atomic mass is 35.5. The fourth-order valence-electron chi connectivity index (χ4n) is 1.72. The molecule has 0 spiro atoms. The summed E-state index contributed by atoms with van der Waals surface area (Å²) in [6.07, 6.45) is 1.60. The van der Waals surface area contributed by atoms with Crippen molar-refractivity contribution in [1.29, 1.82) is 5.26 Å². The summed E-state index contributed by atoms with van der Waals surface area (Å²) in [5, 5.41) is 20.1. The number of halogens is 1. The molecule has 0 fully saturated rings. The fraction of sp³-hybridized carbons (Fsp3) is 0. The second-order valence-corrected chi connectivity index (χ2v) is 4.41. The monoisotopic (exact) mass is 284 g/mol. The number of benzene rings is 2. The molecular weight excluding hydrogens is 276 g/mol. The maximum absolute atomic E-state index is 10.8. The first kappa shape index (κ1) is 13.8. The van der Waals surface area contributed by atoms with Crippen LogP contribution in [-0.2, 0) is 0 Å². The minimum atomic E-state index is -0.547. The third-order valence-corrected chi connectivity index (χ3v) is 3.00. The van der Waals surface area contributed by atoms with Crippen LogP contribution in [0.2, 0.25) is 5.02 Å². The standard InChI is InChI=1S/C15H9ClN2O2/c16-14-7-6-11(9-15(14)18(19)20)8-13(10-17)12-4-2-1-3-5-12/h1-9H/b13-8+. The Kier molecular flexibility index (Phi) is 4.14. The lowest BCUT2D eigenvalue weighted by Gasteiger charge is -2.00. The second-order valence-electron chi connectivity index (χ2n) is 4.00. The maximum Gasteiger partial charge on any atom is 0.288 e. The highest BCUT2D eigenvalue weighted by molar-refractivity contribution is 6.32. The average molecular weight is 285 g/mol. The van der Waals surface area contributed by atoms with E-state index in [9.17, 15) is 15.4 Å². The van der Waals surface area contributed by atoms with E-state index in [4.69, 9.17) is 11.6 Å². The molecule has 5 heteroatoms. The van der Waals surface area contributed by atoms with Gasteiger partial charge in [0.2, 0.25) is 0 Å². The first-order valence-electron chi connectivity index (χ1n) is 5.73. The van der Waals surface area contributed by atoms with Gasteiger partial charge >= 0.3 is 0 Å². The van der Waals surface area contributed by atoms with Crippen LogP contribution in [0.3, 0.4) is 0 Å². The molecule has 0 saturated heterocycles. The van der Waals surface area contributed by atoms with Gasteiger partial charge < -0.3 is 0 Å². The van der Waals surface area contributed by atoms with Gasteiger partial charge in [0.25, 0.3) is 5.69 Å². The van der Waals surface area contributed by atoms with Crippen LogP contribution in [0.25, 0.3) is 11.6 Å². The Balaban J connectivity index is 2.47. The number of nitrogens with zero attached hydrogens (tertiary/aromatic N) is 2. The van der Waals surface area contributed by atoms with E-state index in [0.29, 0.717) is 11.1 Å². The van der Waals surface area contributed by atoms with Crippen LogP contribution in [0.4, 0.5) is 5.69 Å². The molecule has 0 atom stereocenters. The zero-order valence-electron chi connectivity index (χ0n) is 10.3. The summed E-state index contributed by atoms with van der Waals surface area (Å²) in [4.78, 5) is 10.3.